The average Bonchev–Trinajstić information content (AvgIpc) is 2.73. The lowest BCUT2D eigenvalue weighted by Gasteiger charge is -2.42. The molecule has 0 radical (unpaired) electrons. The smallest absolute Gasteiger partial charge is 0.312 e. The zero-order valence-corrected chi connectivity index (χ0v) is 19.2. The van der Waals surface area contributed by atoms with Crippen LogP contribution in [0.5, 0.6) is 0 Å². The van der Waals surface area contributed by atoms with Gasteiger partial charge in [-0.15, -0.1) is 0 Å². The quantitative estimate of drug-likeness (QED) is 0.556. The first kappa shape index (κ1) is 24.1. The Kier molecular flexibility index (Phi) is 6.92. The SMILES string of the molecule is C[C@H](OC(=O)C[C@@H](NC(N)=O)c1ccccc1Cl)C(=O)N1c2ccccc2NC(=O)C1(C)C. The molecule has 0 saturated heterocycles. The first-order chi connectivity index (χ1) is 15.5. The first-order valence-corrected chi connectivity index (χ1v) is 10.6. The van der Waals surface area contributed by atoms with E-state index in [4.69, 9.17) is 22.1 Å². The molecule has 10 heteroatoms. The van der Waals surface area contributed by atoms with E-state index in [9.17, 15) is 19.2 Å². The summed E-state index contributed by atoms with van der Waals surface area (Å²) >= 11 is 6.19. The van der Waals surface area contributed by atoms with Gasteiger partial charge in [-0.1, -0.05) is 41.9 Å². The Morgan fingerprint density at radius 3 is 2.45 bits per heavy atom. The van der Waals surface area contributed by atoms with Crippen LogP contribution in [0.4, 0.5) is 16.2 Å². The van der Waals surface area contributed by atoms with E-state index in [1.807, 2.05) is 0 Å². The highest BCUT2D eigenvalue weighted by molar-refractivity contribution is 6.31. The number of amides is 4. The van der Waals surface area contributed by atoms with Crippen LogP contribution in [-0.4, -0.2) is 35.5 Å². The van der Waals surface area contributed by atoms with E-state index >= 15 is 0 Å². The van der Waals surface area contributed by atoms with Crippen molar-refractivity contribution in [1.82, 2.24) is 5.32 Å². The highest BCUT2D eigenvalue weighted by Gasteiger charge is 2.45. The summed E-state index contributed by atoms with van der Waals surface area (Å²) in [5.74, 6) is -1.67. The van der Waals surface area contributed by atoms with Gasteiger partial charge in [0.05, 0.1) is 23.8 Å². The van der Waals surface area contributed by atoms with Crippen LogP contribution in [0.1, 0.15) is 38.8 Å². The minimum absolute atomic E-state index is 0.301. The molecule has 1 heterocycles. The molecule has 0 spiro atoms. The van der Waals surface area contributed by atoms with Crippen LogP contribution in [0, 0.1) is 0 Å². The van der Waals surface area contributed by atoms with Crippen molar-refractivity contribution < 1.29 is 23.9 Å². The van der Waals surface area contributed by atoms with Crippen LogP contribution in [0.25, 0.3) is 0 Å². The van der Waals surface area contributed by atoms with Crippen LogP contribution in [0.3, 0.4) is 0 Å². The lowest BCUT2D eigenvalue weighted by atomic mass is 9.95. The second-order valence-electron chi connectivity index (χ2n) is 8.12. The van der Waals surface area contributed by atoms with E-state index in [2.05, 4.69) is 10.6 Å². The van der Waals surface area contributed by atoms with Crippen LogP contribution in [0.15, 0.2) is 48.5 Å². The summed E-state index contributed by atoms with van der Waals surface area (Å²) in [5.41, 5.74) is 5.51. The summed E-state index contributed by atoms with van der Waals surface area (Å²) in [6.07, 6.45) is -1.50. The monoisotopic (exact) mass is 472 g/mol. The van der Waals surface area contributed by atoms with Gasteiger partial charge in [0.1, 0.15) is 5.54 Å². The molecule has 0 saturated carbocycles. The van der Waals surface area contributed by atoms with Gasteiger partial charge in [-0.2, -0.15) is 0 Å². The third-order valence-electron chi connectivity index (χ3n) is 5.35. The second-order valence-corrected chi connectivity index (χ2v) is 8.53. The fourth-order valence-corrected chi connectivity index (χ4v) is 3.93. The Hall–Kier alpha value is -3.59. The van der Waals surface area contributed by atoms with Crippen LogP contribution in [0.2, 0.25) is 5.02 Å². The van der Waals surface area contributed by atoms with E-state index in [1.54, 1.807) is 62.4 Å². The van der Waals surface area contributed by atoms with Gasteiger partial charge in [-0.25, -0.2) is 4.79 Å². The molecule has 2 aromatic rings. The van der Waals surface area contributed by atoms with Crippen molar-refractivity contribution in [3.8, 4) is 0 Å². The highest BCUT2D eigenvalue weighted by Crippen LogP contribution is 2.37. The fourth-order valence-electron chi connectivity index (χ4n) is 3.66. The summed E-state index contributed by atoms with van der Waals surface area (Å²) in [7, 11) is 0. The molecule has 0 bridgehead atoms. The van der Waals surface area contributed by atoms with E-state index in [-0.39, 0.29) is 12.3 Å². The molecule has 174 valence electrons. The number of carbonyl (C=O) groups excluding carboxylic acids is 4. The van der Waals surface area contributed by atoms with Gasteiger partial charge in [0.25, 0.3) is 5.91 Å². The topological polar surface area (TPSA) is 131 Å². The highest BCUT2D eigenvalue weighted by atomic mass is 35.5. The van der Waals surface area contributed by atoms with Gasteiger partial charge >= 0.3 is 12.0 Å². The summed E-state index contributed by atoms with van der Waals surface area (Å²) in [5, 5.41) is 5.59. The molecule has 4 amide bonds. The predicted molar refractivity (Wildman–Crippen MR) is 124 cm³/mol. The average molecular weight is 473 g/mol. The van der Waals surface area contributed by atoms with Gasteiger partial charge in [0.2, 0.25) is 5.91 Å². The Balaban J connectivity index is 1.78. The minimum atomic E-state index is -1.21. The molecule has 3 rings (SSSR count). The third-order valence-corrected chi connectivity index (χ3v) is 5.70. The van der Waals surface area contributed by atoms with E-state index < -0.39 is 35.6 Å². The molecule has 0 aliphatic carbocycles. The van der Waals surface area contributed by atoms with Crippen LogP contribution >= 0.6 is 11.6 Å². The largest absolute Gasteiger partial charge is 0.452 e. The lowest BCUT2D eigenvalue weighted by molar-refractivity contribution is -0.154. The number of fused-ring (bicyclic) bond motifs is 1. The number of carbonyl (C=O) groups is 4. The number of primary amides is 1. The number of rotatable bonds is 6. The minimum Gasteiger partial charge on any atom is -0.452 e. The van der Waals surface area contributed by atoms with Crippen molar-refractivity contribution in [1.29, 1.82) is 0 Å². The molecule has 0 unspecified atom stereocenters. The number of nitrogens with zero attached hydrogens (tertiary/aromatic N) is 1. The Bertz CT molecular complexity index is 1100. The first-order valence-electron chi connectivity index (χ1n) is 10.3. The molecule has 33 heavy (non-hydrogen) atoms. The number of halogens is 1. The predicted octanol–water partition coefficient (Wildman–Crippen LogP) is 3.14. The Morgan fingerprint density at radius 1 is 1.15 bits per heavy atom. The number of para-hydroxylation sites is 2. The summed E-state index contributed by atoms with van der Waals surface area (Å²) < 4.78 is 5.39. The normalized spacial score (nSPS) is 16.1. The molecular formula is C23H25ClN4O5. The summed E-state index contributed by atoms with van der Waals surface area (Å²) in [6.45, 7) is 4.64. The third kappa shape index (κ3) is 5.09. The molecule has 2 aromatic carbocycles. The number of nitrogens with one attached hydrogen (secondary N) is 2. The number of hydrogen-bond donors (Lipinski definition) is 3. The van der Waals surface area contributed by atoms with Crippen LogP contribution in [-0.2, 0) is 19.1 Å². The second kappa shape index (κ2) is 9.50. The molecule has 1 aliphatic rings. The van der Waals surface area contributed by atoms with Crippen LogP contribution < -0.4 is 21.3 Å². The standard InChI is InChI=1S/C23H25ClN4O5/c1-13(20(30)28-18-11-7-6-10-16(18)26-21(31)23(28,2)3)33-19(29)12-17(27-22(25)32)14-8-4-5-9-15(14)24/h4-11,13,17H,12H2,1-3H3,(H,26,31)(H3,25,27,32)/t13-,17+/m0/s1. The summed E-state index contributed by atoms with van der Waals surface area (Å²) in [4.78, 5) is 51.4. The van der Waals surface area contributed by atoms with E-state index in [0.717, 1.165) is 0 Å². The molecule has 4 N–H and O–H groups in total. The van der Waals surface area contributed by atoms with Gasteiger partial charge in [0, 0.05) is 5.02 Å². The molecular weight excluding hydrogens is 448 g/mol. The van der Waals surface area contributed by atoms with Crippen molar-refractivity contribution in [3.63, 3.8) is 0 Å². The molecule has 0 fully saturated rings. The summed E-state index contributed by atoms with van der Waals surface area (Å²) in [6, 6.07) is 11.9. The van der Waals surface area contributed by atoms with Crippen molar-refractivity contribution >= 4 is 46.8 Å². The van der Waals surface area contributed by atoms with Gasteiger partial charge in [-0.05, 0) is 44.5 Å². The lowest BCUT2D eigenvalue weighted by Crippen LogP contribution is -2.60. The van der Waals surface area contributed by atoms with E-state index in [0.29, 0.717) is 22.0 Å². The Labute approximate surface area is 196 Å². The number of benzene rings is 2. The van der Waals surface area contributed by atoms with Gasteiger partial charge in [0.15, 0.2) is 6.10 Å². The molecule has 9 nitrogen and oxygen atoms in total. The zero-order chi connectivity index (χ0) is 24.3. The maximum absolute atomic E-state index is 13.3. The maximum atomic E-state index is 13.3. The number of hydrogen-bond acceptors (Lipinski definition) is 5. The number of esters is 1. The van der Waals surface area contributed by atoms with Gasteiger partial charge < -0.3 is 21.1 Å². The fraction of sp³-hybridized carbons (Fsp3) is 0.304. The Morgan fingerprint density at radius 2 is 1.79 bits per heavy atom. The van der Waals surface area contributed by atoms with Crippen molar-refractivity contribution in [2.24, 2.45) is 5.73 Å². The van der Waals surface area contributed by atoms with Crippen molar-refractivity contribution in [3.05, 3.63) is 59.1 Å². The van der Waals surface area contributed by atoms with Crippen molar-refractivity contribution in [2.75, 3.05) is 10.2 Å². The molecule has 0 aromatic heterocycles. The number of ether oxygens (including phenoxy) is 1. The maximum Gasteiger partial charge on any atom is 0.312 e. The van der Waals surface area contributed by atoms with Crippen molar-refractivity contribution in [2.45, 2.75) is 44.9 Å². The number of nitrogens with two attached hydrogens (primary N) is 1. The zero-order valence-electron chi connectivity index (χ0n) is 18.4. The molecule has 1 aliphatic heterocycles. The van der Waals surface area contributed by atoms with Gasteiger partial charge in [-0.3, -0.25) is 19.3 Å². The number of anilines is 2. The number of urea groups is 1. The molecule has 2 atom stereocenters. The van der Waals surface area contributed by atoms with E-state index in [1.165, 1.54) is 11.8 Å².